The van der Waals surface area contributed by atoms with Gasteiger partial charge >= 0.3 is 0 Å². The van der Waals surface area contributed by atoms with Crippen molar-refractivity contribution in [3.63, 3.8) is 0 Å². The van der Waals surface area contributed by atoms with Gasteiger partial charge in [0.05, 0.1) is 6.54 Å². The standard InChI is InChI=1S/C23H24N6OS/c1-14-6-7-16(23-27-15(2)28-31-23)12-20(14)26-13-22(30)29-11-9-18-17(19(25)8-10-24)4-3-5-21(18)29/h3-8,10,12,24,26H,9,11,13,25H2,1-2H3. The molecule has 0 fully saturated rings. The first kappa shape index (κ1) is 20.7. The van der Waals surface area contributed by atoms with Crippen molar-refractivity contribution in [3.05, 3.63) is 65.0 Å². The van der Waals surface area contributed by atoms with Crippen LogP contribution < -0.4 is 16.0 Å². The Kier molecular flexibility index (Phi) is 5.81. The third-order valence-corrected chi connectivity index (χ3v) is 6.20. The largest absolute Gasteiger partial charge is 0.398 e. The Morgan fingerprint density at radius 1 is 1.32 bits per heavy atom. The van der Waals surface area contributed by atoms with Crippen molar-refractivity contribution in [2.75, 3.05) is 23.3 Å². The molecule has 4 N–H and O–H groups in total. The second-order valence-corrected chi connectivity index (χ2v) is 8.17. The molecule has 0 aliphatic carbocycles. The highest BCUT2D eigenvalue weighted by Crippen LogP contribution is 2.33. The summed E-state index contributed by atoms with van der Waals surface area (Å²) in [5.74, 6) is 0.760. The molecule has 0 bridgehead atoms. The summed E-state index contributed by atoms with van der Waals surface area (Å²) in [5.41, 5.74) is 12.4. The third-order valence-electron chi connectivity index (χ3n) is 5.34. The number of nitrogens with two attached hydrogens (primary N) is 1. The van der Waals surface area contributed by atoms with Crippen LogP contribution in [-0.4, -0.2) is 34.6 Å². The zero-order valence-corrected chi connectivity index (χ0v) is 18.3. The van der Waals surface area contributed by atoms with Gasteiger partial charge in [-0.05, 0) is 61.1 Å². The normalized spacial score (nSPS) is 13.2. The van der Waals surface area contributed by atoms with E-state index in [1.807, 2.05) is 50.2 Å². The van der Waals surface area contributed by atoms with E-state index in [2.05, 4.69) is 14.7 Å². The number of nitrogens with one attached hydrogen (secondary N) is 2. The molecule has 158 valence electrons. The van der Waals surface area contributed by atoms with E-state index in [1.165, 1.54) is 17.7 Å². The molecule has 1 aromatic heterocycles. The fourth-order valence-corrected chi connectivity index (χ4v) is 4.43. The van der Waals surface area contributed by atoms with Gasteiger partial charge in [-0.15, -0.1) is 0 Å². The van der Waals surface area contributed by atoms with Gasteiger partial charge < -0.3 is 21.4 Å². The summed E-state index contributed by atoms with van der Waals surface area (Å²) >= 11 is 1.37. The first-order valence-electron chi connectivity index (χ1n) is 10.0. The Morgan fingerprint density at radius 3 is 2.90 bits per heavy atom. The minimum atomic E-state index is 0.00191. The molecule has 0 spiro atoms. The number of nitrogens with zero attached hydrogens (tertiary/aromatic N) is 3. The number of fused-ring (bicyclic) bond motifs is 1. The molecule has 31 heavy (non-hydrogen) atoms. The van der Waals surface area contributed by atoms with Crippen molar-refractivity contribution in [1.82, 2.24) is 9.36 Å². The Bertz CT molecular complexity index is 1180. The molecule has 8 heteroatoms. The Hall–Kier alpha value is -3.52. The summed E-state index contributed by atoms with van der Waals surface area (Å²) in [5, 5.41) is 11.4. The maximum atomic E-state index is 13.0. The van der Waals surface area contributed by atoms with E-state index in [0.717, 1.165) is 50.9 Å². The number of carbonyl (C=O) groups is 1. The lowest BCUT2D eigenvalue weighted by molar-refractivity contribution is -0.116. The molecule has 1 aliphatic rings. The first-order chi connectivity index (χ1) is 15.0. The maximum absolute atomic E-state index is 13.0. The quantitative estimate of drug-likeness (QED) is 0.514. The predicted octanol–water partition coefficient (Wildman–Crippen LogP) is 3.77. The maximum Gasteiger partial charge on any atom is 0.246 e. The van der Waals surface area contributed by atoms with Crippen LogP contribution >= 0.6 is 11.5 Å². The van der Waals surface area contributed by atoms with Crippen LogP contribution in [0.5, 0.6) is 0 Å². The zero-order valence-electron chi connectivity index (χ0n) is 17.5. The molecular weight excluding hydrogens is 408 g/mol. The summed E-state index contributed by atoms with van der Waals surface area (Å²) in [4.78, 5) is 19.3. The smallest absolute Gasteiger partial charge is 0.246 e. The lowest BCUT2D eigenvalue weighted by Gasteiger charge is -2.19. The second kappa shape index (κ2) is 8.69. The minimum Gasteiger partial charge on any atom is -0.398 e. The molecule has 0 saturated carbocycles. The monoisotopic (exact) mass is 432 g/mol. The van der Waals surface area contributed by atoms with Gasteiger partial charge in [-0.2, -0.15) is 4.37 Å². The number of aromatic nitrogens is 2. The van der Waals surface area contributed by atoms with Crippen molar-refractivity contribution in [3.8, 4) is 10.6 Å². The lowest BCUT2D eigenvalue weighted by Crippen LogP contribution is -2.34. The van der Waals surface area contributed by atoms with Crippen molar-refractivity contribution >= 4 is 40.7 Å². The van der Waals surface area contributed by atoms with Gasteiger partial charge in [0, 0.05) is 41.0 Å². The van der Waals surface area contributed by atoms with Crippen molar-refractivity contribution in [1.29, 1.82) is 5.41 Å². The number of hydrogen-bond acceptors (Lipinski definition) is 7. The highest BCUT2D eigenvalue weighted by molar-refractivity contribution is 7.09. The number of carbonyl (C=O) groups excluding carboxylic acids is 1. The summed E-state index contributed by atoms with van der Waals surface area (Å²) in [6.45, 7) is 4.69. The van der Waals surface area contributed by atoms with Gasteiger partial charge in [0.25, 0.3) is 0 Å². The van der Waals surface area contributed by atoms with Crippen LogP contribution in [0, 0.1) is 19.3 Å². The van der Waals surface area contributed by atoms with Gasteiger partial charge in [0.1, 0.15) is 10.8 Å². The molecule has 0 atom stereocenters. The van der Waals surface area contributed by atoms with Crippen LogP contribution in [0.15, 0.2) is 42.5 Å². The van der Waals surface area contributed by atoms with E-state index in [-0.39, 0.29) is 12.5 Å². The highest BCUT2D eigenvalue weighted by Gasteiger charge is 2.26. The van der Waals surface area contributed by atoms with Gasteiger partial charge in [-0.3, -0.25) is 4.79 Å². The summed E-state index contributed by atoms with van der Waals surface area (Å²) < 4.78 is 4.25. The Morgan fingerprint density at radius 2 is 2.16 bits per heavy atom. The van der Waals surface area contributed by atoms with E-state index in [4.69, 9.17) is 11.1 Å². The number of allylic oxidation sites excluding steroid dienone is 1. The molecular formula is C23H24N6OS. The molecule has 1 aliphatic heterocycles. The molecule has 0 radical (unpaired) electrons. The fourth-order valence-electron chi connectivity index (χ4n) is 3.77. The van der Waals surface area contributed by atoms with Gasteiger partial charge in [-0.1, -0.05) is 24.3 Å². The van der Waals surface area contributed by atoms with Gasteiger partial charge in [-0.25, -0.2) is 4.98 Å². The Balaban J connectivity index is 1.51. The molecule has 7 nitrogen and oxygen atoms in total. The fraction of sp³-hybridized carbons (Fsp3) is 0.217. The van der Waals surface area contributed by atoms with Crippen molar-refractivity contribution < 1.29 is 4.79 Å². The van der Waals surface area contributed by atoms with E-state index < -0.39 is 0 Å². The molecule has 4 rings (SSSR count). The highest BCUT2D eigenvalue weighted by atomic mass is 32.1. The number of aryl methyl sites for hydroxylation is 2. The lowest BCUT2D eigenvalue weighted by atomic mass is 10.0. The average molecular weight is 433 g/mol. The van der Waals surface area contributed by atoms with Crippen LogP contribution in [0.3, 0.4) is 0 Å². The second-order valence-electron chi connectivity index (χ2n) is 7.42. The van der Waals surface area contributed by atoms with Crippen LogP contribution in [0.4, 0.5) is 11.4 Å². The number of anilines is 2. The van der Waals surface area contributed by atoms with Gasteiger partial charge in [0.15, 0.2) is 0 Å². The number of benzene rings is 2. The Labute approximate surface area is 185 Å². The first-order valence-corrected chi connectivity index (χ1v) is 10.8. The number of amides is 1. The van der Waals surface area contributed by atoms with Gasteiger partial charge in [0.2, 0.25) is 5.91 Å². The average Bonchev–Trinajstić information content (AvgIpc) is 3.39. The molecule has 1 amide bonds. The van der Waals surface area contributed by atoms with E-state index in [1.54, 1.807) is 11.0 Å². The third kappa shape index (κ3) is 4.20. The molecule has 0 unspecified atom stereocenters. The number of rotatable bonds is 6. The SMILES string of the molecule is Cc1nsc(-c2ccc(C)c(NCC(=O)N3CCc4c(C(N)=CC=N)cccc43)c2)n1. The molecule has 2 heterocycles. The van der Waals surface area contributed by atoms with Crippen LogP contribution in [-0.2, 0) is 11.2 Å². The van der Waals surface area contributed by atoms with Crippen LogP contribution in [0.2, 0.25) is 0 Å². The van der Waals surface area contributed by atoms with Crippen molar-refractivity contribution in [2.45, 2.75) is 20.3 Å². The van der Waals surface area contributed by atoms with Crippen molar-refractivity contribution in [2.24, 2.45) is 5.73 Å². The number of hydrogen-bond donors (Lipinski definition) is 3. The van der Waals surface area contributed by atoms with E-state index >= 15 is 0 Å². The molecule has 2 aromatic carbocycles. The van der Waals surface area contributed by atoms with E-state index in [0.29, 0.717) is 12.2 Å². The molecule has 3 aromatic rings. The van der Waals surface area contributed by atoms with Crippen LogP contribution in [0.1, 0.15) is 22.5 Å². The van der Waals surface area contributed by atoms with E-state index in [9.17, 15) is 4.79 Å². The minimum absolute atomic E-state index is 0.00191. The zero-order chi connectivity index (χ0) is 22.0. The topological polar surface area (TPSA) is 108 Å². The van der Waals surface area contributed by atoms with Crippen LogP contribution in [0.25, 0.3) is 16.3 Å². The summed E-state index contributed by atoms with van der Waals surface area (Å²) in [6.07, 6.45) is 3.49. The summed E-state index contributed by atoms with van der Waals surface area (Å²) in [6, 6.07) is 11.8. The predicted molar refractivity (Wildman–Crippen MR) is 127 cm³/mol. The summed E-state index contributed by atoms with van der Waals surface area (Å²) in [7, 11) is 0. The molecule has 0 saturated heterocycles.